The largest absolute Gasteiger partial charge is 0.355 e. The second kappa shape index (κ2) is 7.65. The minimum Gasteiger partial charge on any atom is -0.355 e. The summed E-state index contributed by atoms with van der Waals surface area (Å²) in [5, 5.41) is 3.59. The van der Waals surface area contributed by atoms with Crippen molar-refractivity contribution in [2.75, 3.05) is 12.3 Å². The van der Waals surface area contributed by atoms with Crippen molar-refractivity contribution in [1.82, 2.24) is 10.3 Å². The number of amides is 1. The molecular weight excluding hydrogens is 275 g/mol. The second-order valence-electron chi connectivity index (χ2n) is 4.15. The van der Waals surface area contributed by atoms with Gasteiger partial charge in [-0.15, -0.1) is 0 Å². The van der Waals surface area contributed by atoms with Gasteiger partial charge in [-0.3, -0.25) is 4.79 Å². The van der Waals surface area contributed by atoms with E-state index in [1.807, 2.05) is 18.2 Å². The molecule has 2 rings (SSSR count). The van der Waals surface area contributed by atoms with Gasteiger partial charge in [-0.2, -0.15) is 0 Å². The van der Waals surface area contributed by atoms with Crippen molar-refractivity contribution in [2.45, 2.75) is 11.4 Å². The normalized spacial score (nSPS) is 10.2. The Morgan fingerprint density at radius 2 is 2.00 bits per heavy atom. The minimum atomic E-state index is -0.232. The van der Waals surface area contributed by atoms with Crippen LogP contribution in [-0.2, 0) is 11.2 Å². The molecule has 1 aromatic heterocycles. The van der Waals surface area contributed by atoms with Crippen LogP contribution in [0.15, 0.2) is 53.7 Å². The molecule has 0 bridgehead atoms. The van der Waals surface area contributed by atoms with Gasteiger partial charge in [0.05, 0.1) is 10.8 Å². The summed E-state index contributed by atoms with van der Waals surface area (Å²) in [7, 11) is 0. The van der Waals surface area contributed by atoms with Crippen LogP contribution in [0.4, 0.5) is 4.39 Å². The van der Waals surface area contributed by atoms with Crippen LogP contribution in [0.2, 0.25) is 0 Å². The zero-order chi connectivity index (χ0) is 14.2. The number of nitrogens with zero attached hydrogens (tertiary/aromatic N) is 1. The molecule has 3 nitrogen and oxygen atoms in total. The Hall–Kier alpha value is -1.88. The van der Waals surface area contributed by atoms with Gasteiger partial charge in [-0.1, -0.05) is 36.0 Å². The van der Waals surface area contributed by atoms with Crippen molar-refractivity contribution in [1.29, 1.82) is 0 Å². The summed E-state index contributed by atoms with van der Waals surface area (Å²) in [6.07, 6.45) is 2.19. The molecule has 20 heavy (non-hydrogen) atoms. The first-order valence-corrected chi connectivity index (χ1v) is 7.28. The number of rotatable bonds is 6. The van der Waals surface area contributed by atoms with Gasteiger partial charge in [0.15, 0.2) is 0 Å². The molecule has 1 N–H and O–H groups in total. The fourth-order valence-electron chi connectivity index (χ4n) is 1.66. The maximum Gasteiger partial charge on any atom is 0.230 e. The number of hydrogen-bond donors (Lipinski definition) is 1. The minimum absolute atomic E-state index is 0.0722. The van der Waals surface area contributed by atoms with Crippen LogP contribution in [0, 0.1) is 5.82 Å². The molecule has 1 heterocycles. The van der Waals surface area contributed by atoms with Gasteiger partial charge in [0.25, 0.3) is 0 Å². The van der Waals surface area contributed by atoms with Crippen molar-refractivity contribution in [3.63, 3.8) is 0 Å². The van der Waals surface area contributed by atoms with Gasteiger partial charge in [0.2, 0.25) is 5.91 Å². The first-order valence-electron chi connectivity index (χ1n) is 6.29. The summed E-state index contributed by atoms with van der Waals surface area (Å²) >= 11 is 1.38. The molecule has 0 aliphatic heterocycles. The Labute approximate surface area is 121 Å². The fourth-order valence-corrected chi connectivity index (χ4v) is 2.35. The second-order valence-corrected chi connectivity index (χ2v) is 5.14. The number of carbonyl (C=O) groups excluding carboxylic acids is 1. The molecule has 0 unspecified atom stereocenters. The van der Waals surface area contributed by atoms with E-state index in [0.29, 0.717) is 24.3 Å². The zero-order valence-corrected chi connectivity index (χ0v) is 11.7. The summed E-state index contributed by atoms with van der Waals surface area (Å²) < 4.78 is 13.4. The molecule has 104 valence electrons. The average Bonchev–Trinajstić information content (AvgIpc) is 2.48. The lowest BCUT2D eigenvalue weighted by atomic mass is 10.1. The molecule has 0 fully saturated rings. The highest BCUT2D eigenvalue weighted by atomic mass is 32.2. The molecule has 0 atom stereocenters. The Morgan fingerprint density at radius 3 is 2.75 bits per heavy atom. The molecule has 5 heteroatoms. The van der Waals surface area contributed by atoms with Crippen molar-refractivity contribution in [3.05, 3.63) is 60.0 Å². The molecule has 0 saturated heterocycles. The van der Waals surface area contributed by atoms with Crippen LogP contribution in [0.3, 0.4) is 0 Å². The van der Waals surface area contributed by atoms with Crippen molar-refractivity contribution in [2.24, 2.45) is 0 Å². The topological polar surface area (TPSA) is 42.0 Å². The number of pyridine rings is 1. The van der Waals surface area contributed by atoms with E-state index < -0.39 is 0 Å². The monoisotopic (exact) mass is 290 g/mol. The van der Waals surface area contributed by atoms with Gasteiger partial charge in [0, 0.05) is 12.7 Å². The quantitative estimate of drug-likeness (QED) is 0.832. The van der Waals surface area contributed by atoms with Gasteiger partial charge in [0.1, 0.15) is 5.82 Å². The molecule has 0 aliphatic rings. The van der Waals surface area contributed by atoms with E-state index in [1.165, 1.54) is 17.8 Å². The van der Waals surface area contributed by atoms with E-state index in [0.717, 1.165) is 5.03 Å². The predicted molar refractivity (Wildman–Crippen MR) is 78.1 cm³/mol. The zero-order valence-electron chi connectivity index (χ0n) is 10.9. The smallest absolute Gasteiger partial charge is 0.230 e. The predicted octanol–water partition coefficient (Wildman–Crippen LogP) is 2.67. The van der Waals surface area contributed by atoms with Crippen LogP contribution >= 0.6 is 11.8 Å². The van der Waals surface area contributed by atoms with E-state index in [-0.39, 0.29) is 11.7 Å². The number of nitrogens with one attached hydrogen (secondary N) is 1. The Kier molecular flexibility index (Phi) is 5.55. The molecule has 0 radical (unpaired) electrons. The lowest BCUT2D eigenvalue weighted by molar-refractivity contribution is -0.118. The third-order valence-corrected chi connectivity index (χ3v) is 3.61. The number of halogens is 1. The molecule has 0 saturated carbocycles. The summed E-state index contributed by atoms with van der Waals surface area (Å²) in [4.78, 5) is 15.8. The molecule has 1 amide bonds. The van der Waals surface area contributed by atoms with Crippen LogP contribution in [-0.4, -0.2) is 23.2 Å². The van der Waals surface area contributed by atoms with Gasteiger partial charge >= 0.3 is 0 Å². The van der Waals surface area contributed by atoms with Crippen LogP contribution in [0.25, 0.3) is 0 Å². The van der Waals surface area contributed by atoms with E-state index in [1.54, 1.807) is 24.4 Å². The Bertz CT molecular complexity index is 563. The van der Waals surface area contributed by atoms with Gasteiger partial charge in [-0.05, 0) is 30.2 Å². The first-order chi connectivity index (χ1) is 9.75. The number of thioether (sulfide) groups is 1. The van der Waals surface area contributed by atoms with Crippen LogP contribution < -0.4 is 5.32 Å². The highest BCUT2D eigenvalue weighted by molar-refractivity contribution is 7.99. The molecule has 2 aromatic rings. The lowest BCUT2D eigenvalue weighted by Gasteiger charge is -2.05. The van der Waals surface area contributed by atoms with E-state index in [2.05, 4.69) is 10.3 Å². The standard InChI is InChI=1S/C15H15FN2OS/c16-13-6-2-1-5-12(13)8-10-17-14(19)11-20-15-7-3-4-9-18-15/h1-7,9H,8,10-11H2,(H,17,19). The Balaban J connectivity index is 1.69. The highest BCUT2D eigenvalue weighted by Crippen LogP contribution is 2.13. The molecular formula is C15H15FN2OS. The van der Waals surface area contributed by atoms with Crippen LogP contribution in [0.1, 0.15) is 5.56 Å². The summed E-state index contributed by atoms with van der Waals surface area (Å²) in [5.41, 5.74) is 0.616. The van der Waals surface area contributed by atoms with E-state index in [4.69, 9.17) is 0 Å². The average molecular weight is 290 g/mol. The van der Waals surface area contributed by atoms with E-state index >= 15 is 0 Å². The maximum absolute atomic E-state index is 13.4. The highest BCUT2D eigenvalue weighted by Gasteiger charge is 2.04. The summed E-state index contributed by atoms with van der Waals surface area (Å²) in [6.45, 7) is 0.433. The third-order valence-electron chi connectivity index (χ3n) is 2.66. The number of hydrogen-bond acceptors (Lipinski definition) is 3. The summed E-state index contributed by atoms with van der Waals surface area (Å²) in [5.74, 6) is 0.00970. The number of aromatic nitrogens is 1. The van der Waals surface area contributed by atoms with Gasteiger partial charge in [-0.25, -0.2) is 9.37 Å². The SMILES string of the molecule is O=C(CSc1ccccn1)NCCc1ccccc1F. The maximum atomic E-state index is 13.4. The molecule has 1 aromatic carbocycles. The van der Waals surface area contributed by atoms with E-state index in [9.17, 15) is 9.18 Å². The fraction of sp³-hybridized carbons (Fsp3) is 0.200. The first kappa shape index (κ1) is 14.5. The summed E-state index contributed by atoms with van der Waals surface area (Å²) in [6, 6.07) is 12.2. The third kappa shape index (κ3) is 4.66. The number of benzene rings is 1. The lowest BCUT2D eigenvalue weighted by Crippen LogP contribution is -2.27. The number of carbonyl (C=O) groups is 1. The van der Waals surface area contributed by atoms with Crippen LogP contribution in [0.5, 0.6) is 0 Å². The van der Waals surface area contributed by atoms with Crippen molar-refractivity contribution >= 4 is 17.7 Å². The van der Waals surface area contributed by atoms with Crippen molar-refractivity contribution < 1.29 is 9.18 Å². The molecule has 0 spiro atoms. The Morgan fingerprint density at radius 1 is 1.20 bits per heavy atom. The molecule has 0 aliphatic carbocycles. The van der Waals surface area contributed by atoms with Gasteiger partial charge < -0.3 is 5.32 Å². The van der Waals surface area contributed by atoms with Crippen molar-refractivity contribution in [3.8, 4) is 0 Å².